The van der Waals surface area contributed by atoms with Gasteiger partial charge in [0.05, 0.1) is 46.9 Å². The molecule has 2 amide bonds. The third-order valence-electron chi connectivity index (χ3n) is 9.76. The van der Waals surface area contributed by atoms with Gasteiger partial charge in [0, 0.05) is 13.0 Å². The molecule has 3 aliphatic rings. The molecule has 52 heavy (non-hydrogen) atoms. The summed E-state index contributed by atoms with van der Waals surface area (Å²) in [6, 6.07) is 24.6. The van der Waals surface area contributed by atoms with E-state index in [4.69, 9.17) is 28.4 Å². The predicted molar refractivity (Wildman–Crippen MR) is 190 cm³/mol. The summed E-state index contributed by atoms with van der Waals surface area (Å²) in [5, 5.41) is 24.1. The lowest BCUT2D eigenvalue weighted by Gasteiger charge is -2.40. The van der Waals surface area contributed by atoms with Crippen LogP contribution in [0.2, 0.25) is 0 Å². The second kappa shape index (κ2) is 16.7. The number of carbonyl (C=O) groups excluding carboxylic acids is 2. The summed E-state index contributed by atoms with van der Waals surface area (Å²) in [4.78, 5) is 27.6. The second-order valence-electron chi connectivity index (χ2n) is 13.3. The van der Waals surface area contributed by atoms with Crippen LogP contribution in [0, 0.1) is 5.92 Å². The molecule has 5 N–H and O–H groups in total. The Kier molecular flexibility index (Phi) is 12.1. The van der Waals surface area contributed by atoms with Gasteiger partial charge >= 0.3 is 0 Å². The number of nitrogens with zero attached hydrogens (tertiary/aromatic N) is 1. The number of hydrogen-bond acceptors (Lipinski definition) is 12. The predicted octanol–water partition coefficient (Wildman–Crippen LogP) is 1.46. The Hall–Kier alpha value is -4.12. The summed E-state index contributed by atoms with van der Waals surface area (Å²) < 4.78 is 36.2. The zero-order valence-electron chi connectivity index (χ0n) is 30.1. The minimum absolute atomic E-state index is 0.0366. The first-order valence-electron chi connectivity index (χ1n) is 17.5. The maximum Gasteiger partial charge on any atom is 0.242 e. The molecule has 0 spiro atoms. The number of aliphatic hydroxyl groups excluding tert-OH is 1. The normalized spacial score (nSPS) is 26.2. The lowest BCUT2D eigenvalue weighted by atomic mass is 9.80. The molecule has 3 heterocycles. The lowest BCUT2D eigenvalue weighted by molar-refractivity contribution is -0.144. The van der Waals surface area contributed by atoms with Gasteiger partial charge in [-0.25, -0.2) is 4.90 Å². The minimum Gasteiger partial charge on any atom is -0.497 e. The molecule has 0 bridgehead atoms. The fourth-order valence-corrected chi connectivity index (χ4v) is 6.96. The number of ether oxygens (including phenoxy) is 6. The van der Waals surface area contributed by atoms with Crippen molar-refractivity contribution in [2.75, 3.05) is 47.8 Å². The zero-order chi connectivity index (χ0) is 36.8. The molecule has 3 fully saturated rings. The number of nitrogens with one attached hydrogen (secondary N) is 4. The summed E-state index contributed by atoms with van der Waals surface area (Å²) in [5.41, 5.74) is 1.39. The third-order valence-corrected chi connectivity index (χ3v) is 9.76. The van der Waals surface area contributed by atoms with E-state index in [1.807, 2.05) is 83.8 Å². The molecule has 3 aromatic carbocycles. The highest BCUT2D eigenvalue weighted by Crippen LogP contribution is 2.43. The van der Waals surface area contributed by atoms with Crippen molar-refractivity contribution in [3.05, 3.63) is 95.6 Å². The maximum absolute atomic E-state index is 13.2. The molecule has 14 nitrogen and oxygen atoms in total. The zero-order valence-corrected chi connectivity index (χ0v) is 30.1. The average Bonchev–Trinajstić information content (AvgIpc) is 3.73. The average molecular weight is 720 g/mol. The SMILES string of the molecule is COCCO[C@@H]1[C@H](O)[C@@H](COC(c2ccccc2)(c2ccc(OC)cc2)c2ccc(OC)cc2)O[C@H]1N1CNC2C(=O)NC(NC(=O)C(C)C)NC21. The quantitative estimate of drug-likeness (QED) is 0.114. The van der Waals surface area contributed by atoms with E-state index in [0.717, 1.165) is 16.7 Å². The van der Waals surface area contributed by atoms with Gasteiger partial charge in [0.15, 0.2) is 6.29 Å². The van der Waals surface area contributed by atoms with E-state index in [-0.39, 0.29) is 37.6 Å². The van der Waals surface area contributed by atoms with E-state index in [1.54, 1.807) is 35.2 Å². The number of benzene rings is 3. The highest BCUT2D eigenvalue weighted by Gasteiger charge is 2.54. The Labute approximate surface area is 304 Å². The van der Waals surface area contributed by atoms with Crippen molar-refractivity contribution in [3.63, 3.8) is 0 Å². The molecule has 7 atom stereocenters. The second-order valence-corrected chi connectivity index (χ2v) is 13.3. The summed E-state index contributed by atoms with van der Waals surface area (Å²) in [6.45, 7) is 4.28. The van der Waals surface area contributed by atoms with Gasteiger partial charge in [-0.2, -0.15) is 0 Å². The van der Waals surface area contributed by atoms with Crippen molar-refractivity contribution in [1.29, 1.82) is 0 Å². The summed E-state index contributed by atoms with van der Waals surface area (Å²) in [6.07, 6.45) is -4.97. The van der Waals surface area contributed by atoms with E-state index in [2.05, 4.69) is 21.3 Å². The Morgan fingerprint density at radius 1 is 0.942 bits per heavy atom. The topological polar surface area (TPSA) is 161 Å². The van der Waals surface area contributed by atoms with Gasteiger partial charge in [0.1, 0.15) is 47.7 Å². The minimum atomic E-state index is -1.14. The number of fused-ring (bicyclic) bond motifs is 1. The van der Waals surface area contributed by atoms with Crippen LogP contribution in [-0.4, -0.2) is 113 Å². The molecule has 3 unspecified atom stereocenters. The van der Waals surface area contributed by atoms with Gasteiger partial charge in [-0.1, -0.05) is 68.4 Å². The fourth-order valence-electron chi connectivity index (χ4n) is 6.96. The van der Waals surface area contributed by atoms with Crippen molar-refractivity contribution < 1.29 is 43.1 Å². The maximum atomic E-state index is 13.2. The third kappa shape index (κ3) is 7.65. The van der Waals surface area contributed by atoms with Crippen molar-refractivity contribution in [2.24, 2.45) is 5.92 Å². The van der Waals surface area contributed by atoms with Crippen LogP contribution >= 0.6 is 0 Å². The molecule has 0 saturated carbocycles. The lowest BCUT2D eigenvalue weighted by Crippen LogP contribution is -2.72. The Morgan fingerprint density at radius 3 is 2.13 bits per heavy atom. The van der Waals surface area contributed by atoms with Gasteiger partial charge in [0.2, 0.25) is 11.8 Å². The number of carbonyl (C=O) groups is 2. The van der Waals surface area contributed by atoms with Gasteiger partial charge < -0.3 is 44.2 Å². The first-order valence-corrected chi connectivity index (χ1v) is 17.5. The van der Waals surface area contributed by atoms with Crippen LogP contribution in [0.4, 0.5) is 0 Å². The first-order chi connectivity index (χ1) is 25.2. The van der Waals surface area contributed by atoms with E-state index in [9.17, 15) is 14.7 Å². The summed E-state index contributed by atoms with van der Waals surface area (Å²) in [5.74, 6) is 0.627. The van der Waals surface area contributed by atoms with Gasteiger partial charge in [-0.15, -0.1) is 0 Å². The number of rotatable bonds is 15. The molecular formula is C38H49N5O9. The Balaban J connectivity index is 1.32. The fraction of sp³-hybridized carbons (Fsp3) is 0.474. The van der Waals surface area contributed by atoms with Gasteiger partial charge in [0.25, 0.3) is 0 Å². The molecular weight excluding hydrogens is 670 g/mol. The molecule has 280 valence electrons. The van der Waals surface area contributed by atoms with Crippen LogP contribution in [0.15, 0.2) is 78.9 Å². The molecule has 0 aliphatic carbocycles. The molecule has 3 saturated heterocycles. The number of aliphatic hydroxyl groups is 1. The molecule has 3 aromatic rings. The van der Waals surface area contributed by atoms with E-state index < -0.39 is 48.6 Å². The van der Waals surface area contributed by atoms with E-state index in [1.165, 1.54) is 0 Å². The Bertz CT molecular complexity index is 1580. The molecule has 14 heteroatoms. The molecule has 3 aliphatic heterocycles. The van der Waals surface area contributed by atoms with Crippen LogP contribution in [0.3, 0.4) is 0 Å². The number of methoxy groups -OCH3 is 3. The van der Waals surface area contributed by atoms with Crippen LogP contribution in [0.1, 0.15) is 30.5 Å². The molecule has 6 rings (SSSR count). The van der Waals surface area contributed by atoms with Crippen molar-refractivity contribution >= 4 is 11.8 Å². The summed E-state index contributed by atoms with van der Waals surface area (Å²) in [7, 11) is 4.82. The van der Waals surface area contributed by atoms with E-state index >= 15 is 0 Å². The highest BCUT2D eigenvalue weighted by molar-refractivity contribution is 5.85. The number of amides is 2. The first kappa shape index (κ1) is 37.6. The van der Waals surface area contributed by atoms with Gasteiger partial charge in [-0.3, -0.25) is 20.2 Å². The van der Waals surface area contributed by atoms with E-state index in [0.29, 0.717) is 18.1 Å². The van der Waals surface area contributed by atoms with Crippen LogP contribution in [0.5, 0.6) is 11.5 Å². The Morgan fingerprint density at radius 2 is 1.56 bits per heavy atom. The van der Waals surface area contributed by atoms with Crippen LogP contribution in [0.25, 0.3) is 0 Å². The molecule has 0 aromatic heterocycles. The monoisotopic (exact) mass is 719 g/mol. The van der Waals surface area contributed by atoms with Crippen LogP contribution in [-0.2, 0) is 34.1 Å². The smallest absolute Gasteiger partial charge is 0.242 e. The summed E-state index contributed by atoms with van der Waals surface area (Å²) >= 11 is 0. The standard InChI is InChI=1S/C38H49N5O9/c1-23(2)34(45)41-37-40-33-30(35(46)42-37)39-22-43(33)36-32(50-20-19-47-3)31(44)29(52-36)21-51-38(24-9-7-6-8-10-24,25-11-15-27(48-4)16-12-25)26-13-17-28(49-5)18-14-26/h6-18,23,29-33,36-37,39-40,44H,19-22H2,1-5H3,(H,41,45)(H,42,46)/t29-,30?,31-,32-,33?,36-,37?/m1/s1. The van der Waals surface area contributed by atoms with Gasteiger partial charge in [-0.05, 0) is 41.0 Å². The van der Waals surface area contributed by atoms with Crippen molar-refractivity contribution in [2.45, 2.75) is 62.5 Å². The van der Waals surface area contributed by atoms with Crippen molar-refractivity contribution in [3.8, 4) is 11.5 Å². The highest BCUT2D eigenvalue weighted by atomic mass is 16.6. The van der Waals surface area contributed by atoms with Crippen LogP contribution < -0.4 is 30.7 Å². The number of hydrogen-bond donors (Lipinski definition) is 5. The van der Waals surface area contributed by atoms with Crippen molar-refractivity contribution in [1.82, 2.24) is 26.2 Å². The largest absolute Gasteiger partial charge is 0.497 e. The molecule has 0 radical (unpaired) electrons.